The van der Waals surface area contributed by atoms with Crippen molar-refractivity contribution in [1.82, 2.24) is 5.32 Å². The van der Waals surface area contributed by atoms with Crippen LogP contribution in [0.1, 0.15) is 76.2 Å². The quantitative estimate of drug-likeness (QED) is 0.744. The van der Waals surface area contributed by atoms with Crippen LogP contribution in [0.2, 0.25) is 0 Å². The first-order chi connectivity index (χ1) is 9.51. The molecule has 0 spiro atoms. The number of fused-ring (bicyclic) bond motifs is 1. The molecule has 1 aliphatic rings. The van der Waals surface area contributed by atoms with Crippen molar-refractivity contribution in [3.63, 3.8) is 0 Å². The molecular weight excluding hydrogens is 262 g/mol. The van der Waals surface area contributed by atoms with Crippen LogP contribution in [0, 0.1) is 5.41 Å². The monoisotopic (exact) mass is 293 g/mol. The van der Waals surface area contributed by atoms with Gasteiger partial charge in [-0.25, -0.2) is 0 Å². The Hall–Kier alpha value is -0.340. The van der Waals surface area contributed by atoms with Gasteiger partial charge in [-0.1, -0.05) is 27.7 Å². The highest BCUT2D eigenvalue weighted by Crippen LogP contribution is 2.39. The molecular formula is C18H31NS. The summed E-state index contributed by atoms with van der Waals surface area (Å²) in [5, 5.41) is 6.14. The van der Waals surface area contributed by atoms with E-state index in [1.807, 2.05) is 11.3 Å². The first-order valence-corrected chi connectivity index (χ1v) is 9.19. The summed E-state index contributed by atoms with van der Waals surface area (Å²) in [5.74, 6) is 0.749. The van der Waals surface area contributed by atoms with Crippen LogP contribution in [-0.4, -0.2) is 12.6 Å². The van der Waals surface area contributed by atoms with Gasteiger partial charge in [-0.2, -0.15) is 0 Å². The van der Waals surface area contributed by atoms with Gasteiger partial charge < -0.3 is 5.32 Å². The summed E-state index contributed by atoms with van der Waals surface area (Å²) in [4.78, 5) is 1.65. The summed E-state index contributed by atoms with van der Waals surface area (Å²) in [5.41, 5.74) is 2.10. The second kappa shape index (κ2) is 7.09. The molecule has 0 radical (unpaired) electrons. The van der Waals surface area contributed by atoms with E-state index in [4.69, 9.17) is 0 Å². The minimum Gasteiger partial charge on any atom is -0.313 e. The topological polar surface area (TPSA) is 12.0 Å². The van der Waals surface area contributed by atoms with Gasteiger partial charge in [-0.15, -0.1) is 11.3 Å². The molecule has 1 aromatic rings. The van der Waals surface area contributed by atoms with Crippen LogP contribution >= 0.6 is 11.3 Å². The molecule has 1 N–H and O–H groups in total. The predicted octanol–water partition coefficient (Wildman–Crippen LogP) is 5.36. The van der Waals surface area contributed by atoms with E-state index in [-0.39, 0.29) is 0 Å². The van der Waals surface area contributed by atoms with E-state index in [2.05, 4.69) is 44.5 Å². The van der Waals surface area contributed by atoms with Crippen molar-refractivity contribution in [1.29, 1.82) is 0 Å². The van der Waals surface area contributed by atoms with Crippen molar-refractivity contribution < 1.29 is 0 Å². The fourth-order valence-electron chi connectivity index (χ4n) is 3.30. The molecule has 1 aromatic heterocycles. The van der Waals surface area contributed by atoms with Crippen molar-refractivity contribution in [2.45, 2.75) is 78.2 Å². The summed E-state index contributed by atoms with van der Waals surface area (Å²) in [7, 11) is 0. The Morgan fingerprint density at radius 2 is 2.20 bits per heavy atom. The maximum atomic E-state index is 3.85. The molecule has 0 amide bonds. The highest BCUT2D eigenvalue weighted by Gasteiger charge is 2.29. The average molecular weight is 294 g/mol. The van der Waals surface area contributed by atoms with Crippen LogP contribution in [0.3, 0.4) is 0 Å². The standard InChI is InChI=1S/C18H31NS/c1-5-12-19-16(9-11-18(2,3)4)14-7-6-8-17-15(14)10-13-20-17/h10,13-14,16,19H,5-9,11-12H2,1-4H3. The van der Waals surface area contributed by atoms with E-state index in [1.165, 1.54) is 38.5 Å². The Morgan fingerprint density at radius 1 is 1.40 bits per heavy atom. The van der Waals surface area contributed by atoms with E-state index >= 15 is 0 Å². The van der Waals surface area contributed by atoms with Gasteiger partial charge in [0.1, 0.15) is 0 Å². The Bertz CT molecular complexity index is 402. The molecule has 1 heterocycles. The maximum absolute atomic E-state index is 3.85. The number of rotatable bonds is 6. The zero-order chi connectivity index (χ0) is 14.6. The van der Waals surface area contributed by atoms with Gasteiger partial charge in [-0.3, -0.25) is 0 Å². The van der Waals surface area contributed by atoms with E-state index in [1.54, 1.807) is 10.4 Å². The summed E-state index contributed by atoms with van der Waals surface area (Å²) >= 11 is 1.97. The molecule has 0 aromatic carbocycles. The van der Waals surface area contributed by atoms with E-state index < -0.39 is 0 Å². The van der Waals surface area contributed by atoms with Crippen LogP contribution in [-0.2, 0) is 6.42 Å². The SMILES string of the molecule is CCCNC(CCC(C)(C)C)C1CCCc2sccc21. The molecule has 0 saturated heterocycles. The van der Waals surface area contributed by atoms with Gasteiger partial charge in [0, 0.05) is 16.8 Å². The normalized spacial score (nSPS) is 20.7. The Labute approximate surface area is 129 Å². The zero-order valence-electron chi connectivity index (χ0n) is 13.7. The largest absolute Gasteiger partial charge is 0.313 e. The fraction of sp³-hybridized carbons (Fsp3) is 0.778. The lowest BCUT2D eigenvalue weighted by atomic mass is 9.78. The maximum Gasteiger partial charge on any atom is 0.0136 e. The third-order valence-corrected chi connectivity index (χ3v) is 5.44. The number of hydrogen-bond donors (Lipinski definition) is 1. The van der Waals surface area contributed by atoms with Gasteiger partial charge in [-0.05, 0) is 67.5 Å². The first-order valence-electron chi connectivity index (χ1n) is 8.31. The molecule has 2 atom stereocenters. The Morgan fingerprint density at radius 3 is 2.90 bits per heavy atom. The lowest BCUT2D eigenvalue weighted by molar-refractivity contribution is 0.298. The van der Waals surface area contributed by atoms with Crippen LogP contribution in [0.5, 0.6) is 0 Å². The highest BCUT2D eigenvalue weighted by molar-refractivity contribution is 7.10. The van der Waals surface area contributed by atoms with Crippen molar-refractivity contribution in [2.24, 2.45) is 5.41 Å². The Balaban J connectivity index is 2.07. The van der Waals surface area contributed by atoms with Crippen molar-refractivity contribution >= 4 is 11.3 Å². The zero-order valence-corrected chi connectivity index (χ0v) is 14.5. The van der Waals surface area contributed by atoms with E-state index in [9.17, 15) is 0 Å². The Kier molecular flexibility index (Phi) is 5.68. The van der Waals surface area contributed by atoms with Gasteiger partial charge in [0.2, 0.25) is 0 Å². The molecule has 1 aliphatic carbocycles. The number of thiophene rings is 1. The van der Waals surface area contributed by atoms with Crippen LogP contribution in [0.4, 0.5) is 0 Å². The lowest BCUT2D eigenvalue weighted by Gasteiger charge is -2.33. The second-order valence-corrected chi connectivity index (χ2v) is 8.46. The third kappa shape index (κ3) is 4.33. The summed E-state index contributed by atoms with van der Waals surface area (Å²) < 4.78 is 0. The molecule has 0 saturated carbocycles. The van der Waals surface area contributed by atoms with Gasteiger partial charge in [0.05, 0.1) is 0 Å². The molecule has 0 bridgehead atoms. The average Bonchev–Trinajstić information content (AvgIpc) is 2.86. The second-order valence-electron chi connectivity index (χ2n) is 7.46. The molecule has 2 heteroatoms. The minimum atomic E-state index is 0.443. The molecule has 0 fully saturated rings. The smallest absolute Gasteiger partial charge is 0.0136 e. The van der Waals surface area contributed by atoms with Crippen LogP contribution in [0.25, 0.3) is 0 Å². The predicted molar refractivity (Wildman–Crippen MR) is 90.8 cm³/mol. The fourth-order valence-corrected chi connectivity index (χ4v) is 4.30. The van der Waals surface area contributed by atoms with E-state index in [0.717, 1.165) is 12.5 Å². The summed E-state index contributed by atoms with van der Waals surface area (Å²) in [6, 6.07) is 3.06. The van der Waals surface area contributed by atoms with Crippen molar-refractivity contribution in [3.05, 3.63) is 21.9 Å². The number of aryl methyl sites for hydroxylation is 1. The van der Waals surface area contributed by atoms with Gasteiger partial charge in [0.25, 0.3) is 0 Å². The van der Waals surface area contributed by atoms with Crippen LogP contribution in [0.15, 0.2) is 11.4 Å². The van der Waals surface area contributed by atoms with Crippen LogP contribution < -0.4 is 5.32 Å². The molecule has 2 unspecified atom stereocenters. The van der Waals surface area contributed by atoms with E-state index in [0.29, 0.717) is 11.5 Å². The molecule has 20 heavy (non-hydrogen) atoms. The number of nitrogens with one attached hydrogen (secondary N) is 1. The minimum absolute atomic E-state index is 0.443. The highest BCUT2D eigenvalue weighted by atomic mass is 32.1. The van der Waals surface area contributed by atoms with Crippen molar-refractivity contribution in [2.75, 3.05) is 6.54 Å². The lowest BCUT2D eigenvalue weighted by Crippen LogP contribution is -2.37. The van der Waals surface area contributed by atoms with Gasteiger partial charge >= 0.3 is 0 Å². The van der Waals surface area contributed by atoms with Gasteiger partial charge in [0.15, 0.2) is 0 Å². The van der Waals surface area contributed by atoms with Crippen molar-refractivity contribution in [3.8, 4) is 0 Å². The summed E-state index contributed by atoms with van der Waals surface area (Å²) in [6.45, 7) is 10.5. The molecule has 1 nitrogen and oxygen atoms in total. The molecule has 0 aliphatic heterocycles. The molecule has 114 valence electrons. The summed E-state index contributed by atoms with van der Waals surface area (Å²) in [6.07, 6.45) is 7.90. The number of hydrogen-bond acceptors (Lipinski definition) is 2. The third-order valence-electron chi connectivity index (χ3n) is 4.45. The molecule has 2 rings (SSSR count). The first kappa shape index (κ1) is 16.0.